The molecule has 0 unspecified atom stereocenters. The van der Waals surface area contributed by atoms with Gasteiger partial charge in [-0.25, -0.2) is 0 Å². The molecule has 0 radical (unpaired) electrons. The number of hydrogen-bond acceptors (Lipinski definition) is 4. The van der Waals surface area contributed by atoms with Gasteiger partial charge in [0.05, 0.1) is 0 Å². The molecule has 2 N–H and O–H groups in total. The van der Waals surface area contributed by atoms with Gasteiger partial charge >= 0.3 is 0 Å². The Morgan fingerprint density at radius 2 is 1.31 bits per heavy atom. The van der Waals surface area contributed by atoms with Gasteiger partial charge in [-0.1, -0.05) is 72.8 Å². The summed E-state index contributed by atoms with van der Waals surface area (Å²) >= 11 is 0. The lowest BCUT2D eigenvalue weighted by Crippen LogP contribution is -2.02. The summed E-state index contributed by atoms with van der Waals surface area (Å²) in [5.74, 6) is 1.04. The van der Waals surface area contributed by atoms with E-state index in [1.807, 2.05) is 97.1 Å². The minimum absolute atomic E-state index is 0.422. The van der Waals surface area contributed by atoms with Gasteiger partial charge in [-0.2, -0.15) is 4.98 Å². The summed E-state index contributed by atoms with van der Waals surface area (Å²) in [4.78, 5) is 4.62. The van der Waals surface area contributed by atoms with Crippen LogP contribution in [0.25, 0.3) is 11.1 Å². The molecule has 4 heteroatoms. The van der Waals surface area contributed by atoms with Gasteiger partial charge in [0, 0.05) is 17.3 Å². The van der Waals surface area contributed by atoms with Crippen LogP contribution in [-0.2, 0) is 13.2 Å². The van der Waals surface area contributed by atoms with Crippen LogP contribution in [0.2, 0.25) is 0 Å². The summed E-state index contributed by atoms with van der Waals surface area (Å²) < 4.78 is 12.0. The molecular weight excluding hydrogens is 360 g/mol. The van der Waals surface area contributed by atoms with E-state index in [1.54, 1.807) is 0 Å². The van der Waals surface area contributed by atoms with Crippen molar-refractivity contribution in [2.24, 2.45) is 0 Å². The molecule has 0 bridgehead atoms. The molecule has 4 aromatic rings. The van der Waals surface area contributed by atoms with Crippen molar-refractivity contribution in [3.05, 3.63) is 108 Å². The van der Waals surface area contributed by atoms with Crippen LogP contribution in [0.15, 0.2) is 97.1 Å². The lowest BCUT2D eigenvalue weighted by atomic mass is 10.1. The fraction of sp³-hybridized carbons (Fsp3) is 0.0800. The highest BCUT2D eigenvalue weighted by Crippen LogP contribution is 2.32. The van der Waals surface area contributed by atoms with Gasteiger partial charge in [0.1, 0.15) is 13.2 Å². The van der Waals surface area contributed by atoms with Gasteiger partial charge in [-0.15, -0.1) is 0 Å². The van der Waals surface area contributed by atoms with Gasteiger partial charge < -0.3 is 15.2 Å². The Kier molecular flexibility index (Phi) is 5.72. The first kappa shape index (κ1) is 18.6. The van der Waals surface area contributed by atoms with Gasteiger partial charge in [0.25, 0.3) is 0 Å². The van der Waals surface area contributed by atoms with Crippen LogP contribution in [0.3, 0.4) is 0 Å². The molecular formula is C25H22N2O2. The normalized spacial score (nSPS) is 10.5. The second kappa shape index (κ2) is 8.93. The topological polar surface area (TPSA) is 57.4 Å². The molecule has 0 atom stereocenters. The Balaban J connectivity index is 1.59. The second-order valence-electron chi connectivity index (χ2n) is 6.68. The quantitative estimate of drug-likeness (QED) is 0.430. The summed E-state index contributed by atoms with van der Waals surface area (Å²) in [6.45, 7) is 0.870. The molecule has 3 aromatic carbocycles. The van der Waals surface area contributed by atoms with Crippen molar-refractivity contribution in [2.75, 3.05) is 5.73 Å². The number of rotatable bonds is 7. The van der Waals surface area contributed by atoms with Gasteiger partial charge in [-0.05, 0) is 34.9 Å². The summed E-state index contributed by atoms with van der Waals surface area (Å²) in [7, 11) is 0. The van der Waals surface area contributed by atoms with Gasteiger partial charge in [0.15, 0.2) is 0 Å². The summed E-state index contributed by atoms with van der Waals surface area (Å²) in [5.41, 5.74) is 10.6. The van der Waals surface area contributed by atoms with Gasteiger partial charge in [0.2, 0.25) is 11.8 Å². The number of pyridine rings is 1. The lowest BCUT2D eigenvalue weighted by molar-refractivity contribution is 0.268. The first-order valence-electron chi connectivity index (χ1n) is 9.48. The minimum atomic E-state index is 0.422. The maximum Gasteiger partial charge on any atom is 0.225 e. The second-order valence-corrected chi connectivity index (χ2v) is 6.68. The molecule has 4 rings (SSSR count). The Hall–Kier alpha value is -3.79. The molecule has 1 heterocycles. The van der Waals surface area contributed by atoms with Crippen molar-refractivity contribution >= 4 is 5.69 Å². The molecule has 4 nitrogen and oxygen atoms in total. The first-order valence-corrected chi connectivity index (χ1v) is 9.48. The number of anilines is 1. The van der Waals surface area contributed by atoms with Crippen molar-refractivity contribution in [3.8, 4) is 22.9 Å². The van der Waals surface area contributed by atoms with Crippen molar-refractivity contribution in [2.45, 2.75) is 13.2 Å². The molecule has 0 fully saturated rings. The molecule has 0 saturated heterocycles. The number of nitrogen functional groups attached to an aromatic ring is 1. The highest BCUT2D eigenvalue weighted by atomic mass is 16.5. The molecule has 0 amide bonds. The van der Waals surface area contributed by atoms with Crippen LogP contribution in [0.5, 0.6) is 11.8 Å². The van der Waals surface area contributed by atoms with E-state index in [1.165, 1.54) is 0 Å². The van der Waals surface area contributed by atoms with Crippen LogP contribution in [0.1, 0.15) is 11.1 Å². The molecule has 0 saturated carbocycles. The third-order valence-corrected chi connectivity index (χ3v) is 4.48. The van der Waals surface area contributed by atoms with Crippen molar-refractivity contribution in [3.63, 3.8) is 0 Å². The fourth-order valence-corrected chi connectivity index (χ4v) is 3.00. The Morgan fingerprint density at radius 3 is 1.97 bits per heavy atom. The maximum atomic E-state index is 6.08. The van der Waals surface area contributed by atoms with E-state index in [0.29, 0.717) is 30.7 Å². The maximum absolute atomic E-state index is 6.08. The average Bonchev–Trinajstić information content (AvgIpc) is 2.78. The van der Waals surface area contributed by atoms with E-state index < -0.39 is 0 Å². The predicted molar refractivity (Wildman–Crippen MR) is 116 cm³/mol. The third-order valence-electron chi connectivity index (χ3n) is 4.48. The fourth-order valence-electron chi connectivity index (χ4n) is 3.00. The first-order chi connectivity index (χ1) is 14.3. The Morgan fingerprint density at radius 1 is 0.655 bits per heavy atom. The minimum Gasteiger partial charge on any atom is -0.473 e. The van der Waals surface area contributed by atoms with Crippen LogP contribution in [0.4, 0.5) is 5.69 Å². The Bertz CT molecular complexity index is 1070. The molecule has 0 aliphatic carbocycles. The SMILES string of the molecule is Nc1cccc(-c2ccc(OCc3ccccc3)nc2OCc2ccccc2)c1. The van der Waals surface area contributed by atoms with E-state index in [2.05, 4.69) is 4.98 Å². The zero-order valence-electron chi connectivity index (χ0n) is 16.0. The largest absolute Gasteiger partial charge is 0.473 e. The standard InChI is InChI=1S/C25H22N2O2/c26-22-13-7-12-21(16-22)23-14-15-24(28-17-19-8-3-1-4-9-19)27-25(23)29-18-20-10-5-2-6-11-20/h1-16H,17-18,26H2. The monoisotopic (exact) mass is 382 g/mol. The van der Waals surface area contributed by atoms with Crippen LogP contribution >= 0.6 is 0 Å². The van der Waals surface area contributed by atoms with Gasteiger partial charge in [-0.3, -0.25) is 0 Å². The average molecular weight is 382 g/mol. The number of aromatic nitrogens is 1. The number of hydrogen-bond donors (Lipinski definition) is 1. The number of benzene rings is 3. The molecule has 29 heavy (non-hydrogen) atoms. The van der Waals surface area contributed by atoms with E-state index in [4.69, 9.17) is 15.2 Å². The summed E-state index contributed by atoms with van der Waals surface area (Å²) in [6.07, 6.45) is 0. The van der Waals surface area contributed by atoms with E-state index in [-0.39, 0.29) is 0 Å². The van der Waals surface area contributed by atoms with E-state index >= 15 is 0 Å². The zero-order chi connectivity index (χ0) is 19.9. The number of nitrogens with two attached hydrogens (primary N) is 1. The number of nitrogens with zero attached hydrogens (tertiary/aromatic N) is 1. The summed E-state index contributed by atoms with van der Waals surface area (Å²) in [5, 5.41) is 0. The van der Waals surface area contributed by atoms with Crippen LogP contribution in [0, 0.1) is 0 Å². The molecule has 0 aliphatic heterocycles. The van der Waals surface area contributed by atoms with Crippen LogP contribution < -0.4 is 15.2 Å². The third kappa shape index (κ3) is 4.93. The van der Waals surface area contributed by atoms with Crippen molar-refractivity contribution < 1.29 is 9.47 Å². The van der Waals surface area contributed by atoms with Crippen molar-refractivity contribution in [1.29, 1.82) is 0 Å². The molecule has 1 aromatic heterocycles. The van der Waals surface area contributed by atoms with E-state index in [9.17, 15) is 0 Å². The zero-order valence-corrected chi connectivity index (χ0v) is 16.0. The van der Waals surface area contributed by atoms with Crippen LogP contribution in [-0.4, -0.2) is 4.98 Å². The highest BCUT2D eigenvalue weighted by molar-refractivity contribution is 5.71. The Labute approximate surface area is 170 Å². The molecule has 144 valence electrons. The predicted octanol–water partition coefficient (Wildman–Crippen LogP) is 5.49. The number of ether oxygens (including phenoxy) is 2. The highest BCUT2D eigenvalue weighted by Gasteiger charge is 2.11. The van der Waals surface area contributed by atoms with Crippen molar-refractivity contribution in [1.82, 2.24) is 4.98 Å². The smallest absolute Gasteiger partial charge is 0.225 e. The molecule has 0 aliphatic rings. The van der Waals surface area contributed by atoms with E-state index in [0.717, 1.165) is 22.3 Å². The summed E-state index contributed by atoms with van der Waals surface area (Å²) in [6, 6.07) is 31.5. The molecule has 0 spiro atoms. The lowest BCUT2D eigenvalue weighted by Gasteiger charge is -2.13.